The summed E-state index contributed by atoms with van der Waals surface area (Å²) in [5, 5.41) is 6.21. The number of carbonyl (C=O) groups excluding carboxylic acids is 1. The molecule has 0 atom stereocenters. The van der Waals surface area contributed by atoms with Gasteiger partial charge in [0, 0.05) is 18.4 Å². The zero-order chi connectivity index (χ0) is 19.9. The highest BCUT2D eigenvalue weighted by Crippen LogP contribution is 2.21. The van der Waals surface area contributed by atoms with Gasteiger partial charge >= 0.3 is 0 Å². The third-order valence-electron chi connectivity index (χ3n) is 4.22. The molecule has 28 heavy (non-hydrogen) atoms. The number of pyridine rings is 1. The van der Waals surface area contributed by atoms with Crippen molar-refractivity contribution in [3.8, 4) is 5.75 Å². The van der Waals surface area contributed by atoms with Crippen LogP contribution in [0.1, 0.15) is 35.3 Å². The average Bonchev–Trinajstić information content (AvgIpc) is 2.68. The lowest BCUT2D eigenvalue weighted by molar-refractivity contribution is 0.0950. The fourth-order valence-corrected chi connectivity index (χ4v) is 2.77. The van der Waals surface area contributed by atoms with Gasteiger partial charge in [-0.2, -0.15) is 0 Å². The van der Waals surface area contributed by atoms with Crippen LogP contribution in [0.5, 0.6) is 5.75 Å². The number of aromatic nitrogens is 1. The van der Waals surface area contributed by atoms with Crippen molar-refractivity contribution < 1.29 is 9.53 Å². The van der Waals surface area contributed by atoms with Crippen molar-refractivity contribution >= 4 is 17.3 Å². The summed E-state index contributed by atoms with van der Waals surface area (Å²) in [6.45, 7) is 6.51. The van der Waals surface area contributed by atoms with Gasteiger partial charge < -0.3 is 15.4 Å². The Bertz CT molecular complexity index is 937. The van der Waals surface area contributed by atoms with E-state index in [0.29, 0.717) is 12.1 Å². The van der Waals surface area contributed by atoms with Crippen LogP contribution in [-0.4, -0.2) is 17.0 Å². The molecule has 0 spiro atoms. The zero-order valence-electron chi connectivity index (χ0n) is 16.4. The molecule has 0 aliphatic carbocycles. The van der Waals surface area contributed by atoms with E-state index in [4.69, 9.17) is 4.74 Å². The summed E-state index contributed by atoms with van der Waals surface area (Å²) in [6.07, 6.45) is 3.40. The molecule has 0 aliphatic heterocycles. The van der Waals surface area contributed by atoms with E-state index in [9.17, 15) is 4.79 Å². The van der Waals surface area contributed by atoms with E-state index < -0.39 is 0 Å². The summed E-state index contributed by atoms with van der Waals surface area (Å²) in [5.41, 5.74) is 4.41. The smallest absolute Gasteiger partial charge is 0.253 e. The SMILES string of the molecule is Cc1ccccc1CNC(=O)c1cncc(Nc2ccc(OC(C)C)cc2)c1. The van der Waals surface area contributed by atoms with Crippen LogP contribution in [0.25, 0.3) is 0 Å². The molecule has 0 unspecified atom stereocenters. The largest absolute Gasteiger partial charge is 0.491 e. The van der Waals surface area contributed by atoms with Gasteiger partial charge in [-0.05, 0) is 62.2 Å². The van der Waals surface area contributed by atoms with Crippen LogP contribution in [0.15, 0.2) is 67.0 Å². The fourth-order valence-electron chi connectivity index (χ4n) is 2.77. The number of amides is 1. The number of nitrogens with one attached hydrogen (secondary N) is 2. The Kier molecular flexibility index (Phi) is 6.27. The normalized spacial score (nSPS) is 10.6. The predicted octanol–water partition coefficient (Wildman–Crippen LogP) is 4.85. The highest BCUT2D eigenvalue weighted by atomic mass is 16.5. The second-order valence-electron chi connectivity index (χ2n) is 6.89. The van der Waals surface area contributed by atoms with E-state index in [1.807, 2.05) is 69.3 Å². The van der Waals surface area contributed by atoms with Crippen LogP contribution < -0.4 is 15.4 Å². The molecule has 1 amide bonds. The predicted molar refractivity (Wildman–Crippen MR) is 112 cm³/mol. The summed E-state index contributed by atoms with van der Waals surface area (Å²) in [4.78, 5) is 16.7. The number of aryl methyl sites for hydroxylation is 1. The second kappa shape index (κ2) is 9.04. The van der Waals surface area contributed by atoms with Crippen molar-refractivity contribution in [2.75, 3.05) is 5.32 Å². The van der Waals surface area contributed by atoms with Gasteiger partial charge in [-0.3, -0.25) is 9.78 Å². The summed E-state index contributed by atoms with van der Waals surface area (Å²) in [5.74, 6) is 0.670. The highest BCUT2D eigenvalue weighted by molar-refractivity contribution is 5.94. The topological polar surface area (TPSA) is 63.2 Å². The van der Waals surface area contributed by atoms with Crippen LogP contribution in [0.2, 0.25) is 0 Å². The molecule has 2 N–H and O–H groups in total. The lowest BCUT2D eigenvalue weighted by Crippen LogP contribution is -2.23. The van der Waals surface area contributed by atoms with Crippen LogP contribution in [0.3, 0.4) is 0 Å². The molecule has 0 aliphatic rings. The molecule has 0 saturated carbocycles. The average molecular weight is 375 g/mol. The number of anilines is 2. The number of rotatable bonds is 7. The van der Waals surface area contributed by atoms with E-state index >= 15 is 0 Å². The zero-order valence-corrected chi connectivity index (χ0v) is 16.4. The van der Waals surface area contributed by atoms with Crippen LogP contribution in [0, 0.1) is 6.92 Å². The molecule has 3 aromatic rings. The third kappa shape index (κ3) is 5.33. The standard InChI is InChI=1S/C23H25N3O2/c1-16(2)28-22-10-8-20(9-11-22)26-21-12-19(13-24-15-21)23(27)25-14-18-7-5-4-6-17(18)3/h4-13,15-16,26H,14H2,1-3H3,(H,25,27). The van der Waals surface area contributed by atoms with Crippen LogP contribution in [0.4, 0.5) is 11.4 Å². The number of carbonyl (C=O) groups is 1. The first-order chi connectivity index (χ1) is 13.5. The second-order valence-corrected chi connectivity index (χ2v) is 6.89. The number of benzene rings is 2. The molecule has 5 heteroatoms. The lowest BCUT2D eigenvalue weighted by Gasteiger charge is -2.12. The molecular formula is C23H25N3O2. The molecule has 0 bridgehead atoms. The fraction of sp³-hybridized carbons (Fsp3) is 0.217. The van der Waals surface area contributed by atoms with Crippen molar-refractivity contribution in [2.24, 2.45) is 0 Å². The summed E-state index contributed by atoms with van der Waals surface area (Å²) in [7, 11) is 0. The summed E-state index contributed by atoms with van der Waals surface area (Å²) in [6, 6.07) is 17.5. The maximum Gasteiger partial charge on any atom is 0.253 e. The minimum absolute atomic E-state index is 0.137. The monoisotopic (exact) mass is 375 g/mol. The molecule has 5 nitrogen and oxygen atoms in total. The van der Waals surface area contributed by atoms with Crippen molar-refractivity contribution in [3.63, 3.8) is 0 Å². The molecular weight excluding hydrogens is 350 g/mol. The Morgan fingerprint density at radius 1 is 1.04 bits per heavy atom. The van der Waals surface area contributed by atoms with E-state index in [1.165, 1.54) is 0 Å². The van der Waals surface area contributed by atoms with Gasteiger partial charge in [0.1, 0.15) is 5.75 Å². The molecule has 3 rings (SSSR count). The Morgan fingerprint density at radius 3 is 2.50 bits per heavy atom. The van der Waals surface area contributed by atoms with E-state index in [0.717, 1.165) is 28.3 Å². The van der Waals surface area contributed by atoms with Gasteiger partial charge in [-0.25, -0.2) is 0 Å². The van der Waals surface area contributed by atoms with Crippen molar-refractivity contribution in [1.82, 2.24) is 10.3 Å². The molecule has 1 heterocycles. The number of ether oxygens (including phenoxy) is 1. The number of hydrogen-bond donors (Lipinski definition) is 2. The van der Waals surface area contributed by atoms with Gasteiger partial charge in [0.15, 0.2) is 0 Å². The van der Waals surface area contributed by atoms with Gasteiger partial charge in [0.25, 0.3) is 5.91 Å². The molecule has 0 radical (unpaired) electrons. The first-order valence-corrected chi connectivity index (χ1v) is 9.33. The first-order valence-electron chi connectivity index (χ1n) is 9.33. The number of hydrogen-bond acceptors (Lipinski definition) is 4. The van der Waals surface area contributed by atoms with Crippen LogP contribution in [-0.2, 0) is 6.54 Å². The molecule has 144 valence electrons. The highest BCUT2D eigenvalue weighted by Gasteiger charge is 2.08. The Balaban J connectivity index is 1.63. The maximum atomic E-state index is 12.5. The first kappa shape index (κ1) is 19.4. The minimum atomic E-state index is -0.153. The molecule has 2 aromatic carbocycles. The van der Waals surface area contributed by atoms with E-state index in [2.05, 4.69) is 15.6 Å². The van der Waals surface area contributed by atoms with E-state index in [-0.39, 0.29) is 12.0 Å². The summed E-state index contributed by atoms with van der Waals surface area (Å²) >= 11 is 0. The Hall–Kier alpha value is -3.34. The molecule has 0 saturated heterocycles. The van der Waals surface area contributed by atoms with Crippen molar-refractivity contribution in [3.05, 3.63) is 83.7 Å². The Morgan fingerprint density at radius 2 is 1.79 bits per heavy atom. The van der Waals surface area contributed by atoms with Gasteiger partial charge in [0.05, 0.1) is 23.6 Å². The maximum absolute atomic E-state index is 12.5. The van der Waals surface area contributed by atoms with Gasteiger partial charge in [0.2, 0.25) is 0 Å². The summed E-state index contributed by atoms with van der Waals surface area (Å²) < 4.78 is 5.65. The molecule has 1 aromatic heterocycles. The van der Waals surface area contributed by atoms with E-state index in [1.54, 1.807) is 18.5 Å². The van der Waals surface area contributed by atoms with Crippen LogP contribution >= 0.6 is 0 Å². The lowest BCUT2D eigenvalue weighted by atomic mass is 10.1. The van der Waals surface area contributed by atoms with Gasteiger partial charge in [-0.1, -0.05) is 24.3 Å². The van der Waals surface area contributed by atoms with Gasteiger partial charge in [-0.15, -0.1) is 0 Å². The molecule has 0 fully saturated rings. The quantitative estimate of drug-likeness (QED) is 0.620. The van der Waals surface area contributed by atoms with Crippen molar-refractivity contribution in [2.45, 2.75) is 33.4 Å². The van der Waals surface area contributed by atoms with Crippen molar-refractivity contribution in [1.29, 1.82) is 0 Å². The Labute approximate surface area is 165 Å². The number of nitrogens with zero attached hydrogens (tertiary/aromatic N) is 1. The minimum Gasteiger partial charge on any atom is -0.491 e. The third-order valence-corrected chi connectivity index (χ3v) is 4.22.